The van der Waals surface area contributed by atoms with Crippen molar-refractivity contribution in [2.75, 3.05) is 5.32 Å². The second kappa shape index (κ2) is 5.60. The number of fused-ring (bicyclic) bond motifs is 3. The van der Waals surface area contributed by atoms with Gasteiger partial charge in [-0.3, -0.25) is 10.1 Å². The van der Waals surface area contributed by atoms with E-state index in [2.05, 4.69) is 17.5 Å². The van der Waals surface area contributed by atoms with Crippen molar-refractivity contribution in [1.82, 2.24) is 0 Å². The van der Waals surface area contributed by atoms with Gasteiger partial charge in [0.2, 0.25) is 0 Å². The largest absolute Gasteiger partial charge is 0.372 e. The summed E-state index contributed by atoms with van der Waals surface area (Å²) in [5.74, 6) is -0.0106. The summed E-state index contributed by atoms with van der Waals surface area (Å²) in [5, 5.41) is 15.1. The first kappa shape index (κ1) is 15.1. The monoisotopic (exact) mass is 344 g/mol. The molecule has 1 heterocycles. The molecule has 1 unspecified atom stereocenters. The van der Waals surface area contributed by atoms with Gasteiger partial charge in [-0.2, -0.15) is 0 Å². The molecule has 0 saturated heterocycles. The summed E-state index contributed by atoms with van der Waals surface area (Å²) in [4.78, 5) is 11.0. The molecule has 1 aliphatic heterocycles. The lowest BCUT2D eigenvalue weighted by molar-refractivity contribution is -0.384. The smallest absolute Gasteiger partial charge is 0.294 e. The van der Waals surface area contributed by atoms with Gasteiger partial charge in [-0.1, -0.05) is 35.9 Å². The molecule has 3 atom stereocenters. The third-order valence-electron chi connectivity index (χ3n) is 4.84. The van der Waals surface area contributed by atoms with Gasteiger partial charge in [0, 0.05) is 17.0 Å². The Hall–Kier alpha value is -2.40. The number of nitro benzene ring substituents is 1. The molecule has 2 aromatic rings. The van der Waals surface area contributed by atoms with E-state index >= 15 is 0 Å². The third kappa shape index (κ3) is 2.36. The highest BCUT2D eigenvalue weighted by atomic mass is 35.5. The molecule has 0 bridgehead atoms. The number of nitrogens with one attached hydrogen (secondary N) is 1. The molecule has 6 heteroatoms. The van der Waals surface area contributed by atoms with Crippen LogP contribution in [0, 0.1) is 21.8 Å². The average molecular weight is 345 g/mol. The number of anilines is 1. The fraction of sp³-hybridized carbons (Fsp3) is 0.222. The van der Waals surface area contributed by atoms with E-state index in [4.69, 9.17) is 11.6 Å². The zero-order valence-electron chi connectivity index (χ0n) is 12.6. The molecule has 4 nitrogen and oxygen atoms in total. The van der Waals surface area contributed by atoms with Gasteiger partial charge in [-0.25, -0.2) is 4.39 Å². The average Bonchev–Trinajstić information content (AvgIpc) is 3.04. The van der Waals surface area contributed by atoms with Gasteiger partial charge in [-0.15, -0.1) is 0 Å². The van der Waals surface area contributed by atoms with Crippen LogP contribution in [0.15, 0.2) is 48.6 Å². The van der Waals surface area contributed by atoms with Crippen molar-refractivity contribution < 1.29 is 9.31 Å². The van der Waals surface area contributed by atoms with Gasteiger partial charge in [0.15, 0.2) is 0 Å². The Balaban J connectivity index is 1.86. The first-order chi connectivity index (χ1) is 11.5. The summed E-state index contributed by atoms with van der Waals surface area (Å²) in [6.07, 6.45) is 5.04. The second-order valence-corrected chi connectivity index (χ2v) is 6.61. The van der Waals surface area contributed by atoms with E-state index in [0.717, 1.165) is 17.5 Å². The van der Waals surface area contributed by atoms with Crippen LogP contribution in [0.3, 0.4) is 0 Å². The van der Waals surface area contributed by atoms with Gasteiger partial charge in [0.05, 0.1) is 11.0 Å². The number of hydrogen-bond donors (Lipinski definition) is 1. The molecule has 122 valence electrons. The Kier molecular flexibility index (Phi) is 3.53. The standard InChI is InChI=1S/C18H14ClFN2O2/c19-11-8-15-13-2-1-3-14(13)17(10-4-6-12(20)7-5-10)21-18(15)16(9-11)22(23)24/h1-2,4-9,13-14,17,21H,3H2/t13-,14+,17?/m1/s1. The number of hydrogen-bond acceptors (Lipinski definition) is 3. The zero-order valence-corrected chi connectivity index (χ0v) is 13.3. The fourth-order valence-corrected chi connectivity index (χ4v) is 4.01. The summed E-state index contributed by atoms with van der Waals surface area (Å²) in [5.41, 5.74) is 2.26. The van der Waals surface area contributed by atoms with Crippen LogP contribution in [-0.2, 0) is 0 Å². The number of halogens is 2. The maximum atomic E-state index is 13.2. The molecular weight excluding hydrogens is 331 g/mol. The highest BCUT2D eigenvalue weighted by molar-refractivity contribution is 6.31. The lowest BCUT2D eigenvalue weighted by Crippen LogP contribution is -2.29. The minimum absolute atomic E-state index is 0.0247. The Morgan fingerprint density at radius 3 is 2.71 bits per heavy atom. The predicted octanol–water partition coefficient (Wildman–Crippen LogP) is 5.21. The molecule has 0 saturated carbocycles. The number of benzene rings is 2. The van der Waals surface area contributed by atoms with E-state index in [9.17, 15) is 14.5 Å². The first-order valence-corrected chi connectivity index (χ1v) is 8.09. The van der Waals surface area contributed by atoms with Crippen molar-refractivity contribution in [3.63, 3.8) is 0 Å². The van der Waals surface area contributed by atoms with Crippen molar-refractivity contribution >= 4 is 23.0 Å². The zero-order chi connectivity index (χ0) is 16.8. The number of nitrogens with zero attached hydrogens (tertiary/aromatic N) is 1. The van der Waals surface area contributed by atoms with Crippen LogP contribution in [0.5, 0.6) is 0 Å². The van der Waals surface area contributed by atoms with Crippen molar-refractivity contribution in [3.8, 4) is 0 Å². The van der Waals surface area contributed by atoms with E-state index in [1.54, 1.807) is 18.2 Å². The molecule has 0 radical (unpaired) electrons. The van der Waals surface area contributed by atoms with Crippen LogP contribution in [0.2, 0.25) is 5.02 Å². The Bertz CT molecular complexity index is 851. The van der Waals surface area contributed by atoms with Gasteiger partial charge in [-0.05, 0) is 41.7 Å². The normalized spacial score (nSPS) is 24.2. The van der Waals surface area contributed by atoms with Crippen molar-refractivity contribution in [2.24, 2.45) is 5.92 Å². The van der Waals surface area contributed by atoms with E-state index < -0.39 is 4.92 Å². The van der Waals surface area contributed by atoms with Crippen molar-refractivity contribution in [2.45, 2.75) is 18.4 Å². The maximum absolute atomic E-state index is 13.2. The molecule has 0 fully saturated rings. The molecule has 2 aromatic carbocycles. The second-order valence-electron chi connectivity index (χ2n) is 6.17. The van der Waals surface area contributed by atoms with Gasteiger partial charge in [0.25, 0.3) is 5.69 Å². The molecule has 2 aliphatic rings. The molecular formula is C18H14ClFN2O2. The van der Waals surface area contributed by atoms with E-state index in [1.165, 1.54) is 18.2 Å². The van der Waals surface area contributed by atoms with E-state index in [0.29, 0.717) is 10.7 Å². The summed E-state index contributed by atoms with van der Waals surface area (Å²) in [6.45, 7) is 0. The quantitative estimate of drug-likeness (QED) is 0.462. The SMILES string of the molecule is O=[N+]([O-])c1cc(Cl)cc2c1NC(c1ccc(F)cc1)[C@H]1CC=C[C@@H]21. The highest BCUT2D eigenvalue weighted by Crippen LogP contribution is 2.52. The van der Waals surface area contributed by atoms with Crippen LogP contribution in [0.25, 0.3) is 0 Å². The minimum Gasteiger partial charge on any atom is -0.372 e. The van der Waals surface area contributed by atoms with Crippen LogP contribution in [0.4, 0.5) is 15.8 Å². The molecule has 24 heavy (non-hydrogen) atoms. The number of rotatable bonds is 2. The lowest BCUT2D eigenvalue weighted by atomic mass is 9.77. The molecule has 0 aromatic heterocycles. The fourth-order valence-electron chi connectivity index (χ4n) is 3.79. The molecule has 1 N–H and O–H groups in total. The Labute approximate surface area is 143 Å². The van der Waals surface area contributed by atoms with E-state index in [-0.39, 0.29) is 29.4 Å². The van der Waals surface area contributed by atoms with Crippen LogP contribution < -0.4 is 5.32 Å². The minimum atomic E-state index is -0.418. The Morgan fingerprint density at radius 1 is 1.25 bits per heavy atom. The number of nitro groups is 1. The maximum Gasteiger partial charge on any atom is 0.294 e. The van der Waals surface area contributed by atoms with Crippen LogP contribution in [0.1, 0.15) is 29.5 Å². The van der Waals surface area contributed by atoms with Crippen molar-refractivity contribution in [3.05, 3.63) is 80.6 Å². The van der Waals surface area contributed by atoms with Gasteiger partial charge in [0.1, 0.15) is 11.5 Å². The highest BCUT2D eigenvalue weighted by Gasteiger charge is 2.40. The van der Waals surface area contributed by atoms with Crippen LogP contribution >= 0.6 is 11.6 Å². The third-order valence-corrected chi connectivity index (χ3v) is 5.06. The summed E-state index contributed by atoms with van der Waals surface area (Å²) >= 11 is 6.09. The predicted molar refractivity (Wildman–Crippen MR) is 90.9 cm³/mol. The topological polar surface area (TPSA) is 55.2 Å². The Morgan fingerprint density at radius 2 is 2.00 bits per heavy atom. The first-order valence-electron chi connectivity index (χ1n) is 7.71. The van der Waals surface area contributed by atoms with Gasteiger partial charge >= 0.3 is 0 Å². The van der Waals surface area contributed by atoms with Crippen molar-refractivity contribution in [1.29, 1.82) is 0 Å². The summed E-state index contributed by atoms with van der Waals surface area (Å²) in [7, 11) is 0. The lowest BCUT2D eigenvalue weighted by Gasteiger charge is -2.37. The molecule has 0 spiro atoms. The summed E-state index contributed by atoms with van der Waals surface area (Å²) < 4.78 is 13.2. The van der Waals surface area contributed by atoms with Gasteiger partial charge < -0.3 is 5.32 Å². The molecule has 4 rings (SSSR count). The van der Waals surface area contributed by atoms with Crippen LogP contribution in [-0.4, -0.2) is 4.92 Å². The van der Waals surface area contributed by atoms with E-state index in [1.807, 2.05) is 0 Å². The summed E-state index contributed by atoms with van der Waals surface area (Å²) in [6, 6.07) is 9.35. The molecule has 1 aliphatic carbocycles. The number of allylic oxidation sites excluding steroid dienone is 2. The molecule has 0 amide bonds.